The molecule has 0 aromatic rings. The van der Waals surface area contributed by atoms with Crippen LogP contribution in [0.25, 0.3) is 0 Å². The molecule has 0 saturated carbocycles. The van der Waals surface area contributed by atoms with E-state index >= 15 is 0 Å². The second kappa shape index (κ2) is 20.6. The molecule has 23 nitrogen and oxygen atoms in total. The van der Waals surface area contributed by atoms with Gasteiger partial charge in [-0.15, -0.1) is 0 Å². The molecule has 0 aromatic carbocycles. The number of hydrogen-bond donors (Lipinski definition) is 12. The lowest BCUT2D eigenvalue weighted by molar-refractivity contribution is -0.381. The highest BCUT2D eigenvalue weighted by Gasteiger charge is 2.60. The Morgan fingerprint density at radius 3 is 1.96 bits per heavy atom. The van der Waals surface area contributed by atoms with E-state index in [1.165, 1.54) is 6.92 Å². The van der Waals surface area contributed by atoms with Crippen molar-refractivity contribution < 1.29 is 103 Å². The number of amides is 2. The third kappa shape index (κ3) is 12.5. The van der Waals surface area contributed by atoms with Crippen LogP contribution in [0, 0.1) is 0 Å². The van der Waals surface area contributed by atoms with Crippen molar-refractivity contribution in [1.82, 2.24) is 10.6 Å². The first-order chi connectivity index (χ1) is 26.5. The van der Waals surface area contributed by atoms with E-state index in [1.54, 1.807) is 0 Å². The molecule has 24 heteroatoms. The van der Waals surface area contributed by atoms with Gasteiger partial charge in [0.1, 0.15) is 67.1 Å². The lowest BCUT2D eigenvalue weighted by Gasteiger charge is -2.51. The number of hydrogen-bond acceptors (Lipinski definition) is 19. The van der Waals surface area contributed by atoms with Gasteiger partial charge in [0.25, 0.3) is 5.79 Å². The van der Waals surface area contributed by atoms with Crippen molar-refractivity contribution in [1.29, 1.82) is 0 Å². The molecule has 0 radical (unpaired) electrons. The summed E-state index contributed by atoms with van der Waals surface area (Å²) in [6, 6.07) is -2.32. The minimum absolute atomic E-state index is 0.118. The van der Waals surface area contributed by atoms with Gasteiger partial charge in [-0.1, -0.05) is 19.6 Å². The topological polar surface area (TPSA) is 359 Å². The molecule has 0 aliphatic carbocycles. The van der Waals surface area contributed by atoms with Gasteiger partial charge in [-0.05, 0) is 13.0 Å². The molecule has 57 heavy (non-hydrogen) atoms. The van der Waals surface area contributed by atoms with Gasteiger partial charge in [-0.3, -0.25) is 9.59 Å². The number of aliphatic hydroxyl groups excluding tert-OH is 8. The van der Waals surface area contributed by atoms with Crippen LogP contribution in [0.3, 0.4) is 0 Å². The summed E-state index contributed by atoms with van der Waals surface area (Å²) in [7, 11) is -1.70. The lowest BCUT2D eigenvalue weighted by atomic mass is 9.88. The maximum absolute atomic E-state index is 12.9. The van der Waals surface area contributed by atoms with Crippen LogP contribution in [-0.2, 0) is 52.3 Å². The van der Waals surface area contributed by atoms with Crippen LogP contribution in [0.1, 0.15) is 27.2 Å². The molecular weight excluding hydrogens is 788 g/mol. The van der Waals surface area contributed by atoms with Crippen molar-refractivity contribution in [2.24, 2.45) is 0 Å². The Bertz CT molecular complexity index is 1360. The zero-order valence-corrected chi connectivity index (χ0v) is 33.4. The molecule has 3 fully saturated rings. The molecule has 3 heterocycles. The summed E-state index contributed by atoms with van der Waals surface area (Å²) in [4.78, 5) is 48.7. The van der Waals surface area contributed by atoms with Crippen LogP contribution in [0.15, 0.2) is 0 Å². The van der Waals surface area contributed by atoms with E-state index < -0.39 is 162 Å². The lowest BCUT2D eigenvalue weighted by Crippen LogP contribution is -2.71. The number of ether oxygens (including phenoxy) is 7. The highest BCUT2D eigenvalue weighted by Crippen LogP contribution is 2.38. The van der Waals surface area contributed by atoms with Crippen molar-refractivity contribution in [3.8, 4) is 0 Å². The Balaban J connectivity index is 2.03. The number of rotatable bonds is 19. The van der Waals surface area contributed by atoms with Gasteiger partial charge in [0.2, 0.25) is 11.8 Å². The zero-order valence-electron chi connectivity index (χ0n) is 32.4. The molecule has 3 saturated heterocycles. The number of nitrogens with one attached hydrogen (secondary N) is 2. The first-order valence-corrected chi connectivity index (χ1v) is 22.0. The highest BCUT2D eigenvalue weighted by molar-refractivity contribution is 6.76. The van der Waals surface area contributed by atoms with E-state index in [0.717, 1.165) is 13.8 Å². The van der Waals surface area contributed by atoms with Crippen molar-refractivity contribution in [3.05, 3.63) is 0 Å². The second-order valence-electron chi connectivity index (χ2n) is 15.5. The molecule has 3 rings (SSSR count). The van der Waals surface area contributed by atoms with Gasteiger partial charge in [0, 0.05) is 34.9 Å². The Kier molecular flexibility index (Phi) is 17.7. The Morgan fingerprint density at radius 1 is 0.860 bits per heavy atom. The van der Waals surface area contributed by atoms with Gasteiger partial charge < -0.3 is 94.9 Å². The van der Waals surface area contributed by atoms with E-state index in [-0.39, 0.29) is 6.61 Å². The predicted octanol–water partition coefficient (Wildman–Crippen LogP) is -5.22. The average Bonchev–Trinajstić information content (AvgIpc) is 3.11. The smallest absolute Gasteiger partial charge is 0.364 e. The van der Waals surface area contributed by atoms with Crippen molar-refractivity contribution in [3.63, 3.8) is 0 Å². The van der Waals surface area contributed by atoms with Crippen LogP contribution < -0.4 is 10.6 Å². The fourth-order valence-electron chi connectivity index (χ4n) is 6.47. The van der Waals surface area contributed by atoms with Gasteiger partial charge in [-0.25, -0.2) is 9.59 Å². The molecule has 12 N–H and O–H groups in total. The Labute approximate surface area is 328 Å². The summed E-state index contributed by atoms with van der Waals surface area (Å²) < 4.78 is 40.4. The van der Waals surface area contributed by atoms with Crippen LogP contribution in [-0.4, -0.2) is 213 Å². The first-order valence-electron chi connectivity index (χ1n) is 18.3. The summed E-state index contributed by atoms with van der Waals surface area (Å²) in [6.45, 7) is 7.16. The van der Waals surface area contributed by atoms with Gasteiger partial charge in [-0.2, -0.15) is 0 Å². The van der Waals surface area contributed by atoms with E-state index in [0.29, 0.717) is 6.04 Å². The molecule has 0 unspecified atom stereocenters. The maximum Gasteiger partial charge on any atom is 0.364 e. The summed E-state index contributed by atoms with van der Waals surface area (Å²) in [5, 5.41) is 111. The summed E-state index contributed by atoms with van der Waals surface area (Å²) >= 11 is 0. The number of carboxylic acid groups (broad SMARTS) is 2. The maximum atomic E-state index is 12.9. The van der Waals surface area contributed by atoms with Gasteiger partial charge >= 0.3 is 11.9 Å². The zero-order chi connectivity index (χ0) is 43.2. The van der Waals surface area contributed by atoms with Crippen molar-refractivity contribution in [2.75, 3.05) is 26.4 Å². The van der Waals surface area contributed by atoms with Crippen LogP contribution in [0.5, 0.6) is 0 Å². The summed E-state index contributed by atoms with van der Waals surface area (Å²) in [6.07, 6.45) is -26.8. The van der Waals surface area contributed by atoms with Crippen LogP contribution in [0.2, 0.25) is 25.7 Å². The molecular formula is C33H58N2O21Si. The first kappa shape index (κ1) is 48.9. The van der Waals surface area contributed by atoms with E-state index in [9.17, 15) is 70.2 Å². The molecule has 0 aromatic heterocycles. The number of carboxylic acids is 2. The monoisotopic (exact) mass is 846 g/mol. The number of aliphatic hydroxyl groups is 8. The molecule has 3 aliphatic rings. The number of aliphatic carboxylic acids is 2. The fourth-order valence-corrected chi connectivity index (χ4v) is 7.20. The number of carbonyl (C=O) groups is 4. The molecule has 17 atom stereocenters. The Morgan fingerprint density at radius 2 is 1.44 bits per heavy atom. The van der Waals surface area contributed by atoms with Crippen LogP contribution >= 0.6 is 0 Å². The highest BCUT2D eigenvalue weighted by atomic mass is 28.3. The molecule has 0 bridgehead atoms. The molecule has 3 aliphatic heterocycles. The van der Waals surface area contributed by atoms with Gasteiger partial charge in [0.05, 0.1) is 32.0 Å². The van der Waals surface area contributed by atoms with Crippen LogP contribution in [0.4, 0.5) is 0 Å². The standard InChI is InChI=1S/C33H58N2O21Si/c1-13(29(46)47)51-12-19-24(44)26(21(35-15(3)39)30(53-19)50-7-8-57(4,5)6)54-31-25(45)28(23(43)18(11-37)52-31)56-33(32(48)49)9-16(40)20(34-14(2)38)27(55-33)22(42)17(41)10-36/h13,16-28,30-31,36-37,40-45H,7-12H2,1-6H3,(H,34,38)(H,35,39)(H,46,47)(H,48,49)/t13-,16+,17-,18-,19-,20-,21-,22-,23+,24+,25-,26-,27-,28+,30-,31+,33+/m1/s1. The average molecular weight is 847 g/mol. The molecule has 330 valence electrons. The summed E-state index contributed by atoms with van der Waals surface area (Å²) in [5.74, 6) is -7.78. The fraction of sp³-hybridized carbons (Fsp3) is 0.879. The molecule has 2 amide bonds. The Hall–Kier alpha value is -2.50. The van der Waals surface area contributed by atoms with E-state index in [1.807, 2.05) is 0 Å². The molecule has 0 spiro atoms. The summed E-state index contributed by atoms with van der Waals surface area (Å²) in [5.41, 5.74) is 0. The number of carbonyl (C=O) groups excluding carboxylic acids is 2. The van der Waals surface area contributed by atoms with Crippen molar-refractivity contribution >= 4 is 31.8 Å². The quantitative estimate of drug-likeness (QED) is 0.0541. The largest absolute Gasteiger partial charge is 0.479 e. The second-order valence-corrected chi connectivity index (χ2v) is 21.1. The van der Waals surface area contributed by atoms with E-state index in [2.05, 4.69) is 30.3 Å². The van der Waals surface area contributed by atoms with Crippen molar-refractivity contribution in [2.45, 2.75) is 157 Å². The predicted molar refractivity (Wildman–Crippen MR) is 190 cm³/mol. The third-order valence-electron chi connectivity index (χ3n) is 9.66. The third-order valence-corrected chi connectivity index (χ3v) is 11.4. The minimum atomic E-state index is -3.07. The van der Waals surface area contributed by atoms with E-state index in [4.69, 9.17) is 33.2 Å². The minimum Gasteiger partial charge on any atom is -0.479 e. The van der Waals surface area contributed by atoms with Gasteiger partial charge in [0.15, 0.2) is 18.7 Å². The normalized spacial score (nSPS) is 37.8. The SMILES string of the molecule is CC(=O)N[C@H]1[C@H](OCC[Si](C)(C)C)O[C@H](CO[C@H](C)C(=O)O)[C@H](O)[C@@H]1O[C@@H]1O[C@H](CO)[C@H](O)[C@H](O[C@]2(C(=O)O)C[C@H](O)[C@@H](NC(C)=O)[C@H]([C@H](O)[C@H](O)CO)O2)[C@H]1O.